The lowest BCUT2D eigenvalue weighted by atomic mass is 9.96. The van der Waals surface area contributed by atoms with Gasteiger partial charge >= 0.3 is 0 Å². The van der Waals surface area contributed by atoms with Gasteiger partial charge in [0.15, 0.2) is 5.22 Å². The summed E-state index contributed by atoms with van der Waals surface area (Å²) in [4.78, 5) is 0. The summed E-state index contributed by atoms with van der Waals surface area (Å²) in [6.07, 6.45) is 1.21. The highest BCUT2D eigenvalue weighted by atomic mass is 35.5. The summed E-state index contributed by atoms with van der Waals surface area (Å²) in [5.74, 6) is -0.283. The van der Waals surface area contributed by atoms with E-state index in [1.165, 1.54) is 23.0 Å². The van der Waals surface area contributed by atoms with Gasteiger partial charge in [0.25, 0.3) is 0 Å². The molecule has 2 heterocycles. The zero-order valence-corrected chi connectivity index (χ0v) is 14.5. The molecule has 0 aliphatic carbocycles. The second-order valence-electron chi connectivity index (χ2n) is 5.57. The molecular formula is C17H15ClFN3O3. The third kappa shape index (κ3) is 2.76. The Kier molecular flexibility index (Phi) is 4.26. The quantitative estimate of drug-likeness (QED) is 0.413. The fourth-order valence-electron chi connectivity index (χ4n) is 2.86. The van der Waals surface area contributed by atoms with Crippen molar-refractivity contribution in [2.24, 2.45) is 12.2 Å². The molecule has 8 heteroatoms. The van der Waals surface area contributed by atoms with E-state index in [1.807, 2.05) is 0 Å². The first-order chi connectivity index (χ1) is 11.8. The van der Waals surface area contributed by atoms with E-state index >= 15 is 0 Å². The third-order valence-electron chi connectivity index (χ3n) is 3.99. The minimum atomic E-state index is -0.628. The Bertz CT molecular complexity index is 992. The van der Waals surface area contributed by atoms with Crippen LogP contribution in [-0.4, -0.2) is 26.3 Å². The van der Waals surface area contributed by atoms with Crippen molar-refractivity contribution in [1.82, 2.24) is 9.78 Å². The smallest absolute Gasteiger partial charge is 0.196 e. The Morgan fingerprint density at radius 2 is 2.04 bits per heavy atom. The molecule has 0 unspecified atom stereocenters. The van der Waals surface area contributed by atoms with Crippen molar-refractivity contribution in [2.45, 2.75) is 13.8 Å². The number of aromatic hydroxyl groups is 1. The summed E-state index contributed by atoms with van der Waals surface area (Å²) in [6.45, 7) is 3.51. The van der Waals surface area contributed by atoms with Crippen molar-refractivity contribution in [3.05, 3.63) is 46.3 Å². The lowest BCUT2D eigenvalue weighted by Gasteiger charge is -2.06. The predicted molar refractivity (Wildman–Crippen MR) is 91.8 cm³/mol. The molecule has 0 saturated heterocycles. The van der Waals surface area contributed by atoms with E-state index in [2.05, 4.69) is 10.3 Å². The van der Waals surface area contributed by atoms with Crippen LogP contribution in [-0.2, 0) is 7.05 Å². The Morgan fingerprint density at radius 3 is 2.60 bits per heavy atom. The summed E-state index contributed by atoms with van der Waals surface area (Å²) in [5, 5.41) is 26.1. The molecule has 0 amide bonds. The van der Waals surface area contributed by atoms with E-state index in [0.29, 0.717) is 33.8 Å². The zero-order chi connectivity index (χ0) is 18.3. The van der Waals surface area contributed by atoms with Gasteiger partial charge in [0, 0.05) is 35.4 Å². The van der Waals surface area contributed by atoms with Gasteiger partial charge in [-0.2, -0.15) is 5.10 Å². The predicted octanol–water partition coefficient (Wildman–Crippen LogP) is 4.27. The summed E-state index contributed by atoms with van der Waals surface area (Å²) in [7, 11) is 1.65. The Balaban J connectivity index is 2.40. The number of hydrogen-bond acceptors (Lipinski definition) is 5. The average molecular weight is 364 g/mol. The topological polar surface area (TPSA) is 83.8 Å². The summed E-state index contributed by atoms with van der Waals surface area (Å²) < 4.78 is 21.4. The molecule has 1 aromatic carbocycles. The second kappa shape index (κ2) is 6.25. The molecule has 3 rings (SSSR count). The fraction of sp³-hybridized carbons (Fsp3) is 0.176. The number of oxime groups is 1. The maximum atomic E-state index is 14.4. The summed E-state index contributed by atoms with van der Waals surface area (Å²) in [5.41, 5.74) is 2.80. The SMILES string of the molecule is Cc1oc(Cl)c(C)c1-c1c(-c2ccc(O)cc2F)nn(C)c1/C=N/O. The molecule has 25 heavy (non-hydrogen) atoms. The monoisotopic (exact) mass is 363 g/mol. The first-order valence-electron chi connectivity index (χ1n) is 7.34. The van der Waals surface area contributed by atoms with Crippen molar-refractivity contribution in [1.29, 1.82) is 0 Å². The van der Waals surface area contributed by atoms with Gasteiger partial charge in [-0.25, -0.2) is 4.39 Å². The van der Waals surface area contributed by atoms with Crippen LogP contribution >= 0.6 is 11.6 Å². The van der Waals surface area contributed by atoms with E-state index in [0.717, 1.165) is 6.07 Å². The fourth-order valence-corrected chi connectivity index (χ4v) is 3.07. The van der Waals surface area contributed by atoms with Crippen LogP contribution in [0.1, 0.15) is 17.0 Å². The molecule has 0 fully saturated rings. The highest BCUT2D eigenvalue weighted by Crippen LogP contribution is 2.41. The summed E-state index contributed by atoms with van der Waals surface area (Å²) >= 11 is 6.09. The minimum Gasteiger partial charge on any atom is -0.508 e. The molecular weight excluding hydrogens is 349 g/mol. The van der Waals surface area contributed by atoms with Gasteiger partial charge in [0.05, 0.1) is 11.9 Å². The molecule has 3 aromatic rings. The molecule has 2 N–H and O–H groups in total. The van der Waals surface area contributed by atoms with Gasteiger partial charge in [0.1, 0.15) is 23.0 Å². The van der Waals surface area contributed by atoms with Crippen LogP contribution in [0.25, 0.3) is 22.4 Å². The normalized spacial score (nSPS) is 11.6. The number of aromatic nitrogens is 2. The van der Waals surface area contributed by atoms with Crippen LogP contribution in [0.15, 0.2) is 27.8 Å². The maximum Gasteiger partial charge on any atom is 0.196 e. The number of phenolic OH excluding ortho intramolecular Hbond substituents is 1. The Labute approximate surface area is 147 Å². The average Bonchev–Trinajstić information content (AvgIpc) is 2.97. The van der Waals surface area contributed by atoms with Crippen molar-refractivity contribution >= 4 is 17.8 Å². The molecule has 0 bridgehead atoms. The van der Waals surface area contributed by atoms with Crippen molar-refractivity contribution < 1.29 is 19.1 Å². The highest BCUT2D eigenvalue weighted by molar-refractivity contribution is 6.30. The third-order valence-corrected chi connectivity index (χ3v) is 4.35. The highest BCUT2D eigenvalue weighted by Gasteiger charge is 2.26. The van der Waals surface area contributed by atoms with Crippen LogP contribution in [0.4, 0.5) is 4.39 Å². The lowest BCUT2D eigenvalue weighted by molar-refractivity contribution is 0.321. The zero-order valence-electron chi connectivity index (χ0n) is 13.7. The maximum absolute atomic E-state index is 14.4. The summed E-state index contributed by atoms with van der Waals surface area (Å²) in [6, 6.07) is 3.82. The van der Waals surface area contributed by atoms with Crippen molar-refractivity contribution in [3.63, 3.8) is 0 Å². The van der Waals surface area contributed by atoms with Gasteiger partial charge in [-0.3, -0.25) is 4.68 Å². The number of halogens is 2. The molecule has 0 spiro atoms. The van der Waals surface area contributed by atoms with Crippen LogP contribution in [0, 0.1) is 19.7 Å². The molecule has 130 valence electrons. The Hall–Kier alpha value is -2.80. The Morgan fingerprint density at radius 1 is 1.32 bits per heavy atom. The number of phenols is 1. The first-order valence-corrected chi connectivity index (χ1v) is 7.72. The van der Waals surface area contributed by atoms with E-state index in [9.17, 15) is 9.50 Å². The standard InChI is InChI=1S/C17H15ClFN3O3/c1-8-14(9(2)25-17(8)18)15-13(7-20-24)22(3)21-16(15)11-5-4-10(23)6-12(11)19/h4-7,23-24H,1-3H3/b20-7+. The molecule has 6 nitrogen and oxygen atoms in total. The van der Waals surface area contributed by atoms with Crippen molar-refractivity contribution in [3.8, 4) is 28.1 Å². The largest absolute Gasteiger partial charge is 0.508 e. The number of nitrogens with zero attached hydrogens (tertiary/aromatic N) is 3. The molecule has 0 saturated carbocycles. The van der Waals surface area contributed by atoms with Crippen LogP contribution in [0.3, 0.4) is 0 Å². The van der Waals surface area contributed by atoms with Gasteiger partial charge in [0.2, 0.25) is 0 Å². The van der Waals surface area contributed by atoms with E-state index in [1.54, 1.807) is 20.9 Å². The van der Waals surface area contributed by atoms with Gasteiger partial charge in [-0.05, 0) is 37.6 Å². The van der Waals surface area contributed by atoms with Gasteiger partial charge in [-0.15, -0.1) is 0 Å². The number of hydrogen-bond donors (Lipinski definition) is 2. The molecule has 0 aliphatic rings. The molecule has 0 radical (unpaired) electrons. The van der Waals surface area contributed by atoms with Crippen LogP contribution in [0.5, 0.6) is 5.75 Å². The molecule has 0 atom stereocenters. The number of furan rings is 1. The van der Waals surface area contributed by atoms with E-state index < -0.39 is 5.82 Å². The molecule has 0 aliphatic heterocycles. The first kappa shape index (κ1) is 17.0. The van der Waals surface area contributed by atoms with Crippen LogP contribution in [0.2, 0.25) is 5.22 Å². The van der Waals surface area contributed by atoms with Crippen LogP contribution < -0.4 is 0 Å². The van der Waals surface area contributed by atoms with Crippen molar-refractivity contribution in [2.75, 3.05) is 0 Å². The minimum absolute atomic E-state index is 0.186. The molecule has 2 aromatic heterocycles. The van der Waals surface area contributed by atoms with Gasteiger partial charge < -0.3 is 14.7 Å². The van der Waals surface area contributed by atoms with E-state index in [-0.39, 0.29) is 16.5 Å². The lowest BCUT2D eigenvalue weighted by Crippen LogP contribution is -1.98. The number of benzene rings is 1. The second-order valence-corrected chi connectivity index (χ2v) is 5.92. The van der Waals surface area contributed by atoms with E-state index in [4.69, 9.17) is 21.2 Å². The number of aryl methyl sites for hydroxylation is 2. The van der Waals surface area contributed by atoms with Gasteiger partial charge in [-0.1, -0.05) is 5.16 Å². The number of rotatable bonds is 3.